The fraction of sp³-hybridized carbons (Fsp3) is 0.346. The number of amides is 3. The van der Waals surface area contributed by atoms with Gasteiger partial charge >= 0.3 is 0 Å². The van der Waals surface area contributed by atoms with E-state index < -0.39 is 11.9 Å². The zero-order chi connectivity index (χ0) is 23.7. The molecule has 2 aromatic rings. The molecule has 8 nitrogen and oxygen atoms in total. The predicted octanol–water partition coefficient (Wildman–Crippen LogP) is 1.98. The number of nitrogens with zero attached hydrogens (tertiary/aromatic N) is 4. The molecule has 5 rings (SSSR count). The van der Waals surface area contributed by atoms with E-state index in [1.165, 1.54) is 0 Å². The van der Waals surface area contributed by atoms with Gasteiger partial charge in [0.05, 0.1) is 11.3 Å². The van der Waals surface area contributed by atoms with Crippen molar-refractivity contribution in [1.29, 1.82) is 5.26 Å². The first kappa shape index (κ1) is 21.7. The second-order valence-electron chi connectivity index (χ2n) is 8.77. The van der Waals surface area contributed by atoms with Crippen molar-refractivity contribution in [1.82, 2.24) is 15.2 Å². The molecule has 3 aliphatic heterocycles. The van der Waals surface area contributed by atoms with Crippen molar-refractivity contribution in [2.24, 2.45) is 5.92 Å². The Morgan fingerprint density at radius 2 is 1.88 bits per heavy atom. The van der Waals surface area contributed by atoms with Crippen molar-refractivity contribution in [2.45, 2.75) is 38.3 Å². The summed E-state index contributed by atoms with van der Waals surface area (Å²) in [5.74, 6) is 6.00. The quantitative estimate of drug-likeness (QED) is 0.551. The van der Waals surface area contributed by atoms with E-state index in [4.69, 9.17) is 0 Å². The number of carbonyl (C=O) groups is 3. The average molecular weight is 454 g/mol. The number of fused-ring (bicyclic) bond motifs is 1. The second kappa shape index (κ2) is 8.99. The van der Waals surface area contributed by atoms with Crippen LogP contribution in [0.4, 0.5) is 5.69 Å². The first-order chi connectivity index (χ1) is 16.5. The highest BCUT2D eigenvalue weighted by atomic mass is 16.2. The third-order valence-corrected chi connectivity index (χ3v) is 6.75. The Hall–Kier alpha value is -4.17. The normalized spacial score (nSPS) is 20.3. The number of carbonyl (C=O) groups excluding carboxylic acids is 3. The second-order valence-corrected chi connectivity index (χ2v) is 8.77. The van der Waals surface area contributed by atoms with Gasteiger partial charge in [0.25, 0.3) is 5.91 Å². The maximum atomic E-state index is 13.0. The molecule has 2 fully saturated rings. The molecule has 170 valence electrons. The molecule has 1 aromatic carbocycles. The highest BCUT2D eigenvalue weighted by Gasteiger charge is 2.39. The van der Waals surface area contributed by atoms with E-state index in [-0.39, 0.29) is 24.2 Å². The van der Waals surface area contributed by atoms with Crippen molar-refractivity contribution in [2.75, 3.05) is 18.0 Å². The Morgan fingerprint density at radius 3 is 2.65 bits per heavy atom. The Kier molecular flexibility index (Phi) is 5.73. The van der Waals surface area contributed by atoms with E-state index in [9.17, 15) is 19.6 Å². The standard InChI is InChI=1S/C26H23N5O3/c27-14-19-15-28-11-8-22(19)30-12-9-17(10-13-30)4-5-18-2-1-3-20-21(18)16-31(26(20)34)23-6-7-24(32)29-25(23)33/h1-3,8,11,15,17,23H,6-7,9-10,12-13,16H2,(H,29,32,33). The van der Waals surface area contributed by atoms with Gasteiger partial charge in [-0.1, -0.05) is 17.9 Å². The number of piperidine rings is 2. The van der Waals surface area contributed by atoms with Gasteiger partial charge in [-0.05, 0) is 43.0 Å². The van der Waals surface area contributed by atoms with Crippen molar-refractivity contribution >= 4 is 23.4 Å². The van der Waals surface area contributed by atoms with Crippen molar-refractivity contribution < 1.29 is 14.4 Å². The minimum Gasteiger partial charge on any atom is -0.370 e. The number of nitriles is 1. The van der Waals surface area contributed by atoms with Crippen LogP contribution in [0.1, 0.15) is 52.7 Å². The summed E-state index contributed by atoms with van der Waals surface area (Å²) in [4.78, 5) is 44.5. The highest BCUT2D eigenvalue weighted by molar-refractivity contribution is 6.05. The lowest BCUT2D eigenvalue weighted by Gasteiger charge is -2.32. The SMILES string of the molecule is N#Cc1cnccc1N1CCC(C#Cc2cccc3c2CN(C2CCC(=O)NC2=O)C3=O)CC1. The van der Waals surface area contributed by atoms with Crippen LogP contribution >= 0.6 is 0 Å². The smallest absolute Gasteiger partial charge is 0.255 e. The van der Waals surface area contributed by atoms with Crippen LogP contribution in [0.15, 0.2) is 36.7 Å². The summed E-state index contributed by atoms with van der Waals surface area (Å²) in [5, 5.41) is 11.7. The molecule has 34 heavy (non-hydrogen) atoms. The van der Waals surface area contributed by atoms with E-state index in [1.54, 1.807) is 23.4 Å². The molecule has 1 unspecified atom stereocenters. The Morgan fingerprint density at radius 1 is 1.06 bits per heavy atom. The number of rotatable bonds is 2. The number of hydrogen-bond donors (Lipinski definition) is 1. The van der Waals surface area contributed by atoms with Gasteiger partial charge in [0, 0.05) is 55.5 Å². The van der Waals surface area contributed by atoms with E-state index in [1.807, 2.05) is 18.2 Å². The summed E-state index contributed by atoms with van der Waals surface area (Å²) in [7, 11) is 0. The number of benzene rings is 1. The minimum atomic E-state index is -0.630. The molecule has 0 saturated carbocycles. The van der Waals surface area contributed by atoms with E-state index in [0.29, 0.717) is 24.1 Å². The summed E-state index contributed by atoms with van der Waals surface area (Å²) in [6, 6.07) is 8.96. The Balaban J connectivity index is 1.28. The van der Waals surface area contributed by atoms with Gasteiger partial charge in [-0.2, -0.15) is 5.26 Å². The molecule has 3 amide bonds. The van der Waals surface area contributed by atoms with Crippen LogP contribution in [-0.2, 0) is 16.1 Å². The van der Waals surface area contributed by atoms with Gasteiger partial charge in [-0.3, -0.25) is 24.7 Å². The third kappa shape index (κ3) is 3.99. The molecule has 0 radical (unpaired) electrons. The van der Waals surface area contributed by atoms with Gasteiger partial charge in [0.2, 0.25) is 11.8 Å². The van der Waals surface area contributed by atoms with Gasteiger partial charge < -0.3 is 9.80 Å². The molecule has 1 aromatic heterocycles. The maximum absolute atomic E-state index is 13.0. The number of nitrogens with one attached hydrogen (secondary N) is 1. The van der Waals surface area contributed by atoms with Crippen molar-refractivity contribution in [3.05, 3.63) is 58.9 Å². The molecule has 0 spiro atoms. The lowest BCUT2D eigenvalue weighted by molar-refractivity contribution is -0.136. The predicted molar refractivity (Wildman–Crippen MR) is 123 cm³/mol. The van der Waals surface area contributed by atoms with E-state index in [2.05, 4.69) is 33.1 Å². The molecule has 1 atom stereocenters. The van der Waals surface area contributed by atoms with Crippen LogP contribution in [-0.4, -0.2) is 46.7 Å². The van der Waals surface area contributed by atoms with Crippen LogP contribution in [0.25, 0.3) is 0 Å². The maximum Gasteiger partial charge on any atom is 0.255 e. The lowest BCUT2D eigenvalue weighted by atomic mass is 9.95. The largest absolute Gasteiger partial charge is 0.370 e. The minimum absolute atomic E-state index is 0.188. The molecule has 1 N–H and O–H groups in total. The molecular weight excluding hydrogens is 430 g/mol. The third-order valence-electron chi connectivity index (χ3n) is 6.75. The summed E-state index contributed by atoms with van der Waals surface area (Å²) in [6.07, 6.45) is 5.65. The molecule has 8 heteroatoms. The van der Waals surface area contributed by atoms with E-state index in [0.717, 1.165) is 42.7 Å². The molecule has 2 saturated heterocycles. The zero-order valence-corrected chi connectivity index (χ0v) is 18.6. The fourth-order valence-electron chi connectivity index (χ4n) is 4.90. The first-order valence-electron chi connectivity index (χ1n) is 11.4. The topological polar surface area (TPSA) is 106 Å². The van der Waals surface area contributed by atoms with E-state index >= 15 is 0 Å². The Bertz CT molecular complexity index is 1280. The van der Waals surface area contributed by atoms with Gasteiger partial charge in [-0.15, -0.1) is 0 Å². The lowest BCUT2D eigenvalue weighted by Crippen LogP contribution is -2.52. The molecule has 4 heterocycles. The van der Waals surface area contributed by atoms with Crippen molar-refractivity contribution in [3.8, 4) is 17.9 Å². The van der Waals surface area contributed by atoms with Crippen LogP contribution in [0.5, 0.6) is 0 Å². The van der Waals surface area contributed by atoms with Crippen LogP contribution in [0, 0.1) is 29.1 Å². The van der Waals surface area contributed by atoms with Crippen LogP contribution in [0.3, 0.4) is 0 Å². The van der Waals surface area contributed by atoms with Gasteiger partial charge in [0.15, 0.2) is 0 Å². The van der Waals surface area contributed by atoms with Gasteiger partial charge in [-0.25, -0.2) is 0 Å². The highest BCUT2D eigenvalue weighted by Crippen LogP contribution is 2.30. The Labute approximate surface area is 197 Å². The van der Waals surface area contributed by atoms with Crippen molar-refractivity contribution in [3.63, 3.8) is 0 Å². The average Bonchev–Trinajstić information content (AvgIpc) is 3.20. The fourth-order valence-corrected chi connectivity index (χ4v) is 4.90. The molecule has 0 bridgehead atoms. The summed E-state index contributed by atoms with van der Waals surface area (Å²) in [5.41, 5.74) is 3.73. The number of aromatic nitrogens is 1. The van der Waals surface area contributed by atoms with Crippen LogP contribution < -0.4 is 10.2 Å². The number of anilines is 1. The van der Waals surface area contributed by atoms with Crippen LogP contribution in [0.2, 0.25) is 0 Å². The number of hydrogen-bond acceptors (Lipinski definition) is 6. The molecular formula is C26H23N5O3. The number of pyridine rings is 1. The zero-order valence-electron chi connectivity index (χ0n) is 18.6. The summed E-state index contributed by atoms with van der Waals surface area (Å²) in [6.45, 7) is 1.95. The monoisotopic (exact) mass is 453 g/mol. The first-order valence-corrected chi connectivity index (χ1v) is 11.4. The summed E-state index contributed by atoms with van der Waals surface area (Å²) < 4.78 is 0. The molecule has 3 aliphatic rings. The number of imide groups is 1. The summed E-state index contributed by atoms with van der Waals surface area (Å²) >= 11 is 0. The molecule has 0 aliphatic carbocycles. The van der Waals surface area contributed by atoms with Gasteiger partial charge in [0.1, 0.15) is 12.1 Å².